The molecule has 61 heavy (non-hydrogen) atoms. The number of nitrogens with one attached hydrogen (secondary N) is 5. The van der Waals surface area contributed by atoms with Crippen LogP contribution in [0.5, 0.6) is 5.75 Å². The first-order valence-corrected chi connectivity index (χ1v) is 20.9. The van der Waals surface area contributed by atoms with Crippen molar-refractivity contribution < 1.29 is 54.0 Å². The number of carbonyl (C=O) groups is 7. The number of carbonyl (C=O) groups excluding carboxylic acids is 7. The lowest BCUT2D eigenvalue weighted by Crippen LogP contribution is -2.59. The van der Waals surface area contributed by atoms with Crippen LogP contribution in [0, 0.1) is 0 Å². The minimum atomic E-state index is -1.40. The summed E-state index contributed by atoms with van der Waals surface area (Å²) >= 11 is 4.08. The van der Waals surface area contributed by atoms with Crippen LogP contribution in [0.1, 0.15) is 57.4 Å². The van der Waals surface area contributed by atoms with Crippen LogP contribution in [0.4, 0.5) is 0 Å². The van der Waals surface area contributed by atoms with Gasteiger partial charge in [-0.25, -0.2) is 0 Å². The van der Waals surface area contributed by atoms with Crippen LogP contribution in [-0.4, -0.2) is 153 Å². The first-order chi connectivity index (χ1) is 29.2. The Bertz CT molecular complexity index is 1810. The summed E-state index contributed by atoms with van der Waals surface area (Å²) in [7, 11) is 0. The van der Waals surface area contributed by atoms with E-state index < -0.39 is 103 Å². The predicted molar refractivity (Wildman–Crippen MR) is 223 cm³/mol. The van der Waals surface area contributed by atoms with Crippen molar-refractivity contribution in [3.63, 3.8) is 0 Å². The average molecular weight is 871 g/mol. The molecule has 0 aromatic heterocycles. The SMILES string of the molecule is CCC1NC(=O)[C@@H](NC=O)C[C@@H](O)CNC(=O)C2[C@@H](O)CCN2C(=O)C(CCCN)NC(=O)C(CCc2ccc(O)cc2)NC(=O)C2C[C@@H](O)CN2C1=O.Sc1ccccc1. The molecular weight excluding hydrogens is 813 g/mol. The van der Waals surface area contributed by atoms with Crippen molar-refractivity contribution in [1.82, 2.24) is 36.4 Å². The van der Waals surface area contributed by atoms with Gasteiger partial charge in [0.15, 0.2) is 0 Å². The lowest BCUT2D eigenvalue weighted by Gasteiger charge is -2.31. The van der Waals surface area contributed by atoms with E-state index in [9.17, 15) is 54.0 Å². The number of nitrogens with zero attached hydrogens (tertiary/aromatic N) is 2. The number of rotatable bonds is 9. The van der Waals surface area contributed by atoms with Crippen LogP contribution in [0.3, 0.4) is 0 Å². The molecule has 334 valence electrons. The zero-order chi connectivity index (χ0) is 44.6. The Balaban J connectivity index is 0.00000106. The Morgan fingerprint density at radius 2 is 1.46 bits per heavy atom. The van der Waals surface area contributed by atoms with Gasteiger partial charge >= 0.3 is 0 Å². The molecule has 0 bridgehead atoms. The number of hydrogen-bond acceptors (Lipinski definition) is 13. The number of nitrogens with two attached hydrogens (primary N) is 1. The average Bonchev–Trinajstić information content (AvgIpc) is 3.84. The Labute approximate surface area is 359 Å². The standard InChI is InChI=1S/C35H52N8O11.C6H6S/c1-2-23-34(53)43-17-22(47)15-27(43)32(51)40-24(10-7-19-5-8-20(45)9-6-19)30(49)41-25(4-3-12-36)35(54)42-13-11-28(48)29(42)33(52)37-16-21(46)14-26(38-18-44)31(50)39-23;7-6-4-2-1-3-5-6/h5-6,8-9,18,21-29,45-48H,2-4,7,10-17,36H2,1H3,(H,37,52)(H,38,44)(H,39,50)(H,40,51)(H,41,49);1-5,7H/t21-,22-,23?,24?,25?,26+,27?,28+,29?;/m1./s1. The van der Waals surface area contributed by atoms with Gasteiger partial charge in [0.25, 0.3) is 0 Å². The molecule has 9 atom stereocenters. The number of hydrogen-bond donors (Lipinski definition) is 11. The molecule has 0 aliphatic carbocycles. The molecular formula is C41H58N8O11S. The van der Waals surface area contributed by atoms with Crippen LogP contribution < -0.4 is 32.3 Å². The van der Waals surface area contributed by atoms with Gasteiger partial charge in [-0.15, -0.1) is 12.6 Å². The Hall–Kier alpha value is -5.28. The van der Waals surface area contributed by atoms with Crippen molar-refractivity contribution in [2.45, 2.75) is 118 Å². The lowest BCUT2D eigenvalue weighted by atomic mass is 10.0. The van der Waals surface area contributed by atoms with Crippen LogP contribution in [0.2, 0.25) is 0 Å². The van der Waals surface area contributed by atoms with E-state index in [-0.39, 0.29) is 70.3 Å². The molecule has 20 heteroatoms. The smallest absolute Gasteiger partial charge is 0.245 e. The molecule has 19 nitrogen and oxygen atoms in total. The second-order valence-corrected chi connectivity index (χ2v) is 15.8. The summed E-state index contributed by atoms with van der Waals surface area (Å²) in [6.45, 7) is 1.05. The van der Waals surface area contributed by atoms with Crippen LogP contribution in [0.25, 0.3) is 0 Å². The van der Waals surface area contributed by atoms with Gasteiger partial charge < -0.3 is 62.5 Å². The maximum absolute atomic E-state index is 14.0. The van der Waals surface area contributed by atoms with E-state index in [0.29, 0.717) is 6.42 Å². The molecule has 3 aliphatic heterocycles. The van der Waals surface area contributed by atoms with E-state index in [0.717, 1.165) is 20.3 Å². The van der Waals surface area contributed by atoms with Crippen molar-refractivity contribution >= 4 is 54.5 Å². The summed E-state index contributed by atoms with van der Waals surface area (Å²) in [5, 5.41) is 54.6. The summed E-state index contributed by atoms with van der Waals surface area (Å²) in [5.74, 6) is -4.52. The zero-order valence-electron chi connectivity index (χ0n) is 34.0. The van der Waals surface area contributed by atoms with Gasteiger partial charge in [-0.3, -0.25) is 33.6 Å². The van der Waals surface area contributed by atoms with Gasteiger partial charge in [0.2, 0.25) is 41.9 Å². The molecule has 3 heterocycles. The van der Waals surface area contributed by atoms with Gasteiger partial charge in [-0.2, -0.15) is 0 Å². The predicted octanol–water partition coefficient (Wildman–Crippen LogP) is -2.18. The summed E-state index contributed by atoms with van der Waals surface area (Å²) in [4.78, 5) is 97.2. The highest BCUT2D eigenvalue weighted by atomic mass is 32.1. The molecule has 0 saturated carbocycles. The largest absolute Gasteiger partial charge is 0.508 e. The lowest BCUT2D eigenvalue weighted by molar-refractivity contribution is -0.144. The maximum Gasteiger partial charge on any atom is 0.245 e. The molecule has 0 spiro atoms. The highest BCUT2D eigenvalue weighted by Crippen LogP contribution is 2.23. The minimum Gasteiger partial charge on any atom is -0.508 e. The number of phenols is 1. The number of aromatic hydroxyl groups is 1. The molecule has 5 unspecified atom stereocenters. The zero-order valence-corrected chi connectivity index (χ0v) is 34.9. The van der Waals surface area contributed by atoms with Crippen molar-refractivity contribution in [2.24, 2.45) is 5.73 Å². The number of fused-ring (bicyclic) bond motifs is 2. The molecule has 0 radical (unpaired) electrons. The fourth-order valence-corrected chi connectivity index (χ4v) is 7.63. The molecule has 7 amide bonds. The van der Waals surface area contributed by atoms with Crippen molar-refractivity contribution in [3.05, 3.63) is 60.2 Å². The van der Waals surface area contributed by atoms with E-state index in [2.05, 4.69) is 39.2 Å². The summed E-state index contributed by atoms with van der Waals surface area (Å²) < 4.78 is 0. The van der Waals surface area contributed by atoms with Crippen molar-refractivity contribution in [1.29, 1.82) is 0 Å². The van der Waals surface area contributed by atoms with Crippen LogP contribution in [-0.2, 0) is 40.0 Å². The van der Waals surface area contributed by atoms with Crippen LogP contribution >= 0.6 is 12.6 Å². The number of thiol groups is 1. The number of amides is 7. The summed E-state index contributed by atoms with van der Waals surface area (Å²) in [5.41, 5.74) is 6.47. The van der Waals surface area contributed by atoms with Gasteiger partial charge in [-0.05, 0) is 74.9 Å². The van der Waals surface area contributed by atoms with Gasteiger partial charge in [0.05, 0.1) is 18.3 Å². The summed E-state index contributed by atoms with van der Waals surface area (Å²) in [6, 6.07) is 8.31. The fraction of sp³-hybridized carbons (Fsp3) is 0.537. The summed E-state index contributed by atoms with van der Waals surface area (Å²) in [6.07, 6.45) is -3.42. The molecule has 11 N–H and O–H groups in total. The monoisotopic (exact) mass is 870 g/mol. The third-order valence-corrected chi connectivity index (χ3v) is 11.1. The van der Waals surface area contributed by atoms with Crippen LogP contribution in [0.15, 0.2) is 59.5 Å². The first kappa shape index (κ1) is 48.4. The maximum atomic E-state index is 14.0. The number of benzene rings is 2. The highest BCUT2D eigenvalue weighted by molar-refractivity contribution is 7.80. The Morgan fingerprint density at radius 3 is 2.08 bits per heavy atom. The van der Waals surface area contributed by atoms with Crippen molar-refractivity contribution in [2.75, 3.05) is 26.2 Å². The number of β-amino-alcohol motifs (C(OH)–C–C–N with tert-alkyl or cyclic N) is 1. The van der Waals surface area contributed by atoms with E-state index in [1.165, 1.54) is 12.1 Å². The van der Waals surface area contributed by atoms with Gasteiger partial charge in [0, 0.05) is 37.4 Å². The highest BCUT2D eigenvalue weighted by Gasteiger charge is 2.45. The van der Waals surface area contributed by atoms with Gasteiger partial charge in [0.1, 0.15) is 42.0 Å². The first-order valence-electron chi connectivity index (χ1n) is 20.4. The third-order valence-electron chi connectivity index (χ3n) is 10.8. The molecule has 3 aliphatic rings. The third kappa shape index (κ3) is 13.9. The fourth-order valence-electron chi connectivity index (χ4n) is 7.46. The van der Waals surface area contributed by atoms with E-state index in [1.54, 1.807) is 19.1 Å². The van der Waals surface area contributed by atoms with E-state index in [1.807, 2.05) is 30.3 Å². The van der Waals surface area contributed by atoms with E-state index in [4.69, 9.17) is 5.73 Å². The second kappa shape index (κ2) is 23.6. The minimum absolute atomic E-state index is 0.0118. The van der Waals surface area contributed by atoms with Gasteiger partial charge in [-0.1, -0.05) is 37.3 Å². The Kier molecular flexibility index (Phi) is 18.8. The second-order valence-electron chi connectivity index (χ2n) is 15.3. The Morgan fingerprint density at radius 1 is 0.803 bits per heavy atom. The molecule has 5 rings (SSSR count). The number of aryl methyl sites for hydroxylation is 1. The topological polar surface area (TPSA) is 293 Å². The van der Waals surface area contributed by atoms with E-state index >= 15 is 0 Å². The van der Waals surface area contributed by atoms with Crippen molar-refractivity contribution in [3.8, 4) is 5.75 Å². The number of aliphatic hydroxyl groups is 3. The quantitative estimate of drug-likeness (QED) is 0.0948. The number of aliphatic hydroxyl groups excluding tert-OH is 3. The molecule has 3 fully saturated rings. The number of phenolic OH excluding ortho intramolecular Hbond substituents is 1. The molecule has 2 aromatic carbocycles. The molecule has 2 aromatic rings. The molecule has 3 saturated heterocycles. The normalized spacial score (nSPS) is 28.1.